The molecule has 0 amide bonds. The summed E-state index contributed by atoms with van der Waals surface area (Å²) in [4.78, 5) is 0. The quantitative estimate of drug-likeness (QED) is 0.745. The second-order valence-electron chi connectivity index (χ2n) is 4.95. The minimum Gasteiger partial charge on any atom is -0.494 e. The number of nitrogens with one attached hydrogen (secondary N) is 1. The average Bonchev–Trinajstić information content (AvgIpc) is 2.35. The minimum absolute atomic E-state index is 0.542. The van der Waals surface area contributed by atoms with Gasteiger partial charge in [-0.2, -0.15) is 0 Å². The molecule has 0 spiro atoms. The van der Waals surface area contributed by atoms with Crippen LogP contribution in [-0.2, 0) is 6.54 Å². The summed E-state index contributed by atoms with van der Waals surface area (Å²) < 4.78 is 5.49. The maximum atomic E-state index is 5.76. The fourth-order valence-electron chi connectivity index (χ4n) is 1.91. The zero-order chi connectivity index (χ0) is 13.4. The Morgan fingerprint density at radius 3 is 2.72 bits per heavy atom. The molecule has 0 heterocycles. The highest BCUT2D eigenvalue weighted by molar-refractivity contribution is 5.28. The van der Waals surface area contributed by atoms with E-state index in [4.69, 9.17) is 10.5 Å². The van der Waals surface area contributed by atoms with Gasteiger partial charge >= 0.3 is 0 Å². The van der Waals surface area contributed by atoms with Gasteiger partial charge in [0.15, 0.2) is 0 Å². The van der Waals surface area contributed by atoms with E-state index in [1.54, 1.807) is 0 Å². The van der Waals surface area contributed by atoms with E-state index >= 15 is 0 Å². The van der Waals surface area contributed by atoms with Crippen molar-refractivity contribution in [3.63, 3.8) is 0 Å². The van der Waals surface area contributed by atoms with E-state index in [1.165, 1.54) is 5.56 Å². The molecule has 0 aliphatic heterocycles. The molecule has 1 aromatic rings. The minimum atomic E-state index is 0.542. The molecular weight excluding hydrogens is 224 g/mol. The van der Waals surface area contributed by atoms with Crippen molar-refractivity contribution in [2.24, 2.45) is 17.6 Å². The summed E-state index contributed by atoms with van der Waals surface area (Å²) in [5.74, 6) is 2.10. The Morgan fingerprint density at radius 1 is 1.33 bits per heavy atom. The van der Waals surface area contributed by atoms with E-state index < -0.39 is 0 Å². The predicted octanol–water partition coefficient (Wildman–Crippen LogP) is 2.41. The van der Waals surface area contributed by atoms with Gasteiger partial charge in [0.25, 0.3) is 0 Å². The lowest BCUT2D eigenvalue weighted by Gasteiger charge is -2.19. The van der Waals surface area contributed by atoms with Gasteiger partial charge < -0.3 is 15.8 Å². The van der Waals surface area contributed by atoms with E-state index in [9.17, 15) is 0 Å². The van der Waals surface area contributed by atoms with Gasteiger partial charge in [-0.1, -0.05) is 26.0 Å². The van der Waals surface area contributed by atoms with Crippen molar-refractivity contribution in [1.82, 2.24) is 5.32 Å². The molecule has 0 saturated heterocycles. The summed E-state index contributed by atoms with van der Waals surface area (Å²) in [6.07, 6.45) is 0. The second kappa shape index (κ2) is 8.11. The topological polar surface area (TPSA) is 47.3 Å². The van der Waals surface area contributed by atoms with Crippen LogP contribution in [0.2, 0.25) is 0 Å². The van der Waals surface area contributed by atoms with Crippen molar-refractivity contribution < 1.29 is 4.74 Å². The Balaban J connectivity index is 2.41. The van der Waals surface area contributed by atoms with Crippen LogP contribution < -0.4 is 15.8 Å². The molecular formula is C15H26N2O. The molecule has 0 aliphatic carbocycles. The first-order chi connectivity index (χ1) is 8.67. The third-order valence-corrected chi connectivity index (χ3v) is 3.19. The number of ether oxygens (including phenoxy) is 1. The van der Waals surface area contributed by atoms with E-state index in [2.05, 4.69) is 31.3 Å². The lowest BCUT2D eigenvalue weighted by molar-refractivity contribution is 0.339. The highest BCUT2D eigenvalue weighted by atomic mass is 16.5. The monoisotopic (exact) mass is 250 g/mol. The Hall–Kier alpha value is -1.06. The summed E-state index contributed by atoms with van der Waals surface area (Å²) >= 11 is 0. The zero-order valence-corrected chi connectivity index (χ0v) is 11.8. The SMILES string of the molecule is CCOc1cccc(CNCC(CN)C(C)C)c1. The molecule has 1 aromatic carbocycles. The van der Waals surface area contributed by atoms with Crippen LogP contribution in [0.5, 0.6) is 5.75 Å². The van der Waals surface area contributed by atoms with Crippen molar-refractivity contribution in [2.45, 2.75) is 27.3 Å². The smallest absolute Gasteiger partial charge is 0.119 e. The molecule has 18 heavy (non-hydrogen) atoms. The normalized spacial score (nSPS) is 12.7. The summed E-state index contributed by atoms with van der Waals surface area (Å²) in [6, 6.07) is 8.22. The molecule has 3 nitrogen and oxygen atoms in total. The van der Waals surface area contributed by atoms with Gasteiger partial charge in [0.05, 0.1) is 6.61 Å². The standard InChI is InChI=1S/C15H26N2O/c1-4-18-15-7-5-6-13(8-15)10-17-11-14(9-16)12(2)3/h5-8,12,14,17H,4,9-11,16H2,1-3H3. The lowest BCUT2D eigenvalue weighted by Crippen LogP contribution is -2.31. The highest BCUT2D eigenvalue weighted by Crippen LogP contribution is 2.13. The van der Waals surface area contributed by atoms with Crippen LogP contribution in [0.4, 0.5) is 0 Å². The number of benzene rings is 1. The van der Waals surface area contributed by atoms with Crippen molar-refractivity contribution in [3.8, 4) is 5.75 Å². The Kier molecular flexibility index (Phi) is 6.76. The maximum absolute atomic E-state index is 5.76. The highest BCUT2D eigenvalue weighted by Gasteiger charge is 2.10. The molecule has 3 heteroatoms. The first-order valence-corrected chi connectivity index (χ1v) is 6.79. The van der Waals surface area contributed by atoms with Crippen LogP contribution in [0.3, 0.4) is 0 Å². The first-order valence-electron chi connectivity index (χ1n) is 6.79. The molecule has 102 valence electrons. The molecule has 1 unspecified atom stereocenters. The van der Waals surface area contributed by atoms with Crippen LogP contribution in [0.1, 0.15) is 26.3 Å². The molecule has 1 rings (SSSR count). The average molecular weight is 250 g/mol. The summed E-state index contributed by atoms with van der Waals surface area (Å²) in [6.45, 7) is 9.71. The van der Waals surface area contributed by atoms with Gasteiger partial charge in [-0.25, -0.2) is 0 Å². The molecule has 0 fully saturated rings. The maximum Gasteiger partial charge on any atom is 0.119 e. The van der Waals surface area contributed by atoms with Gasteiger partial charge in [0.1, 0.15) is 5.75 Å². The van der Waals surface area contributed by atoms with E-state index in [1.807, 2.05) is 19.1 Å². The number of hydrogen-bond acceptors (Lipinski definition) is 3. The number of nitrogens with two attached hydrogens (primary N) is 1. The largest absolute Gasteiger partial charge is 0.494 e. The fourth-order valence-corrected chi connectivity index (χ4v) is 1.91. The predicted molar refractivity (Wildman–Crippen MR) is 76.7 cm³/mol. The van der Waals surface area contributed by atoms with Crippen molar-refractivity contribution in [1.29, 1.82) is 0 Å². The molecule has 0 aliphatic rings. The van der Waals surface area contributed by atoms with Crippen LogP contribution >= 0.6 is 0 Å². The molecule has 1 atom stereocenters. The van der Waals surface area contributed by atoms with Crippen molar-refractivity contribution in [3.05, 3.63) is 29.8 Å². The zero-order valence-electron chi connectivity index (χ0n) is 11.8. The Bertz CT molecular complexity index is 339. The van der Waals surface area contributed by atoms with Crippen LogP contribution in [0, 0.1) is 11.8 Å². The van der Waals surface area contributed by atoms with Crippen molar-refractivity contribution in [2.75, 3.05) is 19.7 Å². The van der Waals surface area contributed by atoms with Gasteiger partial charge in [-0.3, -0.25) is 0 Å². The molecule has 0 aromatic heterocycles. The summed E-state index contributed by atoms with van der Waals surface area (Å²) in [5.41, 5.74) is 7.01. The fraction of sp³-hybridized carbons (Fsp3) is 0.600. The van der Waals surface area contributed by atoms with Crippen LogP contribution in [0.25, 0.3) is 0 Å². The Labute approximate surface area is 111 Å². The molecule has 3 N–H and O–H groups in total. The van der Waals surface area contributed by atoms with Gasteiger partial charge in [0.2, 0.25) is 0 Å². The van der Waals surface area contributed by atoms with Crippen molar-refractivity contribution >= 4 is 0 Å². The second-order valence-corrected chi connectivity index (χ2v) is 4.95. The van der Waals surface area contributed by atoms with Crippen LogP contribution in [0.15, 0.2) is 24.3 Å². The molecule has 0 saturated carbocycles. The summed E-state index contributed by atoms with van der Waals surface area (Å²) in [7, 11) is 0. The van der Waals surface area contributed by atoms with E-state index in [0.29, 0.717) is 18.4 Å². The molecule has 0 radical (unpaired) electrons. The van der Waals surface area contributed by atoms with Gasteiger partial charge in [-0.05, 0) is 49.5 Å². The third-order valence-electron chi connectivity index (χ3n) is 3.19. The van der Waals surface area contributed by atoms with Gasteiger partial charge in [0, 0.05) is 6.54 Å². The first kappa shape index (κ1) is 15.0. The Morgan fingerprint density at radius 2 is 2.11 bits per heavy atom. The number of rotatable bonds is 8. The number of hydrogen-bond donors (Lipinski definition) is 2. The molecule has 0 bridgehead atoms. The third kappa shape index (κ3) is 5.07. The van der Waals surface area contributed by atoms with E-state index in [0.717, 1.165) is 25.4 Å². The van der Waals surface area contributed by atoms with Gasteiger partial charge in [-0.15, -0.1) is 0 Å². The van der Waals surface area contributed by atoms with E-state index in [-0.39, 0.29) is 0 Å². The van der Waals surface area contributed by atoms with Crippen LogP contribution in [-0.4, -0.2) is 19.7 Å². The summed E-state index contributed by atoms with van der Waals surface area (Å²) in [5, 5.41) is 3.47. The lowest BCUT2D eigenvalue weighted by atomic mass is 9.96.